The number of rotatable bonds is 5. The van der Waals surface area contributed by atoms with Gasteiger partial charge in [0.15, 0.2) is 0 Å². The van der Waals surface area contributed by atoms with E-state index < -0.39 is 16.5 Å². The number of para-hydroxylation sites is 1. The second kappa shape index (κ2) is 6.89. The standard InChI is InChI=1S/C16H15BrF2O2/c1-20-11-8-13(18)16(14(19)9-11)12(17)7-10-5-3-4-6-15(10)21-2/h3-6,8-9,12H,7H2,1-2H3. The Bertz CT molecular complexity index is 608. The Balaban J connectivity index is 2.30. The van der Waals surface area contributed by atoms with Crippen LogP contribution in [0, 0.1) is 11.6 Å². The van der Waals surface area contributed by atoms with E-state index in [9.17, 15) is 8.78 Å². The Morgan fingerprint density at radius 2 is 1.67 bits per heavy atom. The maximum absolute atomic E-state index is 14.1. The number of ether oxygens (including phenoxy) is 2. The van der Waals surface area contributed by atoms with Crippen LogP contribution in [0.4, 0.5) is 8.78 Å². The van der Waals surface area contributed by atoms with E-state index in [0.717, 1.165) is 5.56 Å². The van der Waals surface area contributed by atoms with E-state index in [-0.39, 0.29) is 11.3 Å². The van der Waals surface area contributed by atoms with Crippen LogP contribution in [-0.2, 0) is 6.42 Å². The van der Waals surface area contributed by atoms with Crippen molar-refractivity contribution < 1.29 is 18.3 Å². The second-order valence-corrected chi connectivity index (χ2v) is 5.59. The number of alkyl halides is 1. The molecule has 1 unspecified atom stereocenters. The molecule has 2 aromatic carbocycles. The molecule has 2 aromatic rings. The Morgan fingerprint density at radius 1 is 1.05 bits per heavy atom. The summed E-state index contributed by atoms with van der Waals surface area (Å²) < 4.78 is 38.2. The van der Waals surface area contributed by atoms with Gasteiger partial charge in [-0.3, -0.25) is 0 Å². The van der Waals surface area contributed by atoms with Gasteiger partial charge in [-0.15, -0.1) is 0 Å². The molecule has 0 saturated heterocycles. The van der Waals surface area contributed by atoms with Gasteiger partial charge in [0, 0.05) is 22.5 Å². The van der Waals surface area contributed by atoms with Gasteiger partial charge in [-0.1, -0.05) is 34.1 Å². The van der Waals surface area contributed by atoms with E-state index in [0.29, 0.717) is 12.2 Å². The molecule has 0 fully saturated rings. The van der Waals surface area contributed by atoms with E-state index >= 15 is 0 Å². The van der Waals surface area contributed by atoms with Crippen LogP contribution in [-0.4, -0.2) is 14.2 Å². The van der Waals surface area contributed by atoms with Gasteiger partial charge >= 0.3 is 0 Å². The molecule has 0 aliphatic heterocycles. The summed E-state index contributed by atoms with van der Waals surface area (Å²) in [6.45, 7) is 0. The van der Waals surface area contributed by atoms with Gasteiger partial charge in [-0.25, -0.2) is 8.78 Å². The van der Waals surface area contributed by atoms with Gasteiger partial charge in [0.25, 0.3) is 0 Å². The maximum Gasteiger partial charge on any atom is 0.134 e. The minimum absolute atomic E-state index is 0.0123. The topological polar surface area (TPSA) is 18.5 Å². The van der Waals surface area contributed by atoms with Gasteiger partial charge in [0.05, 0.1) is 14.2 Å². The molecule has 0 aliphatic carbocycles. The van der Waals surface area contributed by atoms with Crippen molar-refractivity contribution in [3.8, 4) is 11.5 Å². The summed E-state index contributed by atoms with van der Waals surface area (Å²) in [6, 6.07) is 9.74. The fourth-order valence-corrected chi connectivity index (χ4v) is 2.93. The van der Waals surface area contributed by atoms with Crippen LogP contribution in [0.1, 0.15) is 16.0 Å². The summed E-state index contributed by atoms with van der Waals surface area (Å²) in [5.41, 5.74) is 0.859. The predicted molar refractivity (Wildman–Crippen MR) is 81.3 cm³/mol. The molecule has 2 rings (SSSR count). The molecule has 0 bridgehead atoms. The van der Waals surface area contributed by atoms with Crippen molar-refractivity contribution in [1.82, 2.24) is 0 Å². The van der Waals surface area contributed by atoms with Gasteiger partial charge < -0.3 is 9.47 Å². The molecular weight excluding hydrogens is 342 g/mol. The average Bonchev–Trinajstić information content (AvgIpc) is 2.46. The first kappa shape index (κ1) is 15.8. The Hall–Kier alpha value is -1.62. The third kappa shape index (κ3) is 3.53. The van der Waals surface area contributed by atoms with Crippen LogP contribution in [0.2, 0.25) is 0 Å². The van der Waals surface area contributed by atoms with Gasteiger partial charge in [-0.05, 0) is 18.1 Å². The number of hydrogen-bond acceptors (Lipinski definition) is 2. The summed E-state index contributed by atoms with van der Waals surface area (Å²) in [4.78, 5) is -0.500. The highest BCUT2D eigenvalue weighted by Gasteiger charge is 2.20. The van der Waals surface area contributed by atoms with E-state index in [1.807, 2.05) is 24.3 Å². The summed E-state index contributed by atoms with van der Waals surface area (Å²) in [6.07, 6.45) is 0.407. The van der Waals surface area contributed by atoms with Gasteiger partial charge in [0.2, 0.25) is 0 Å². The van der Waals surface area contributed by atoms with Crippen LogP contribution < -0.4 is 9.47 Å². The zero-order chi connectivity index (χ0) is 15.4. The molecule has 0 spiro atoms. The molecule has 0 N–H and O–H groups in total. The van der Waals surface area contributed by atoms with E-state index in [1.54, 1.807) is 7.11 Å². The molecule has 1 atom stereocenters. The molecule has 0 aliphatic rings. The molecule has 5 heteroatoms. The smallest absolute Gasteiger partial charge is 0.134 e. The molecular formula is C16H15BrF2O2. The predicted octanol–water partition coefficient (Wildman–Crippen LogP) is 4.66. The van der Waals surface area contributed by atoms with Crippen molar-refractivity contribution in [2.45, 2.75) is 11.2 Å². The highest BCUT2D eigenvalue weighted by Crippen LogP contribution is 2.35. The summed E-state index contributed by atoms with van der Waals surface area (Å²) in [5.74, 6) is -0.422. The van der Waals surface area contributed by atoms with E-state index in [4.69, 9.17) is 9.47 Å². The van der Waals surface area contributed by atoms with Crippen molar-refractivity contribution in [3.05, 3.63) is 59.2 Å². The molecule has 112 valence electrons. The number of benzene rings is 2. The van der Waals surface area contributed by atoms with Crippen LogP contribution in [0.25, 0.3) is 0 Å². The minimum atomic E-state index is -0.636. The summed E-state index contributed by atoms with van der Waals surface area (Å²) in [7, 11) is 2.94. The first-order valence-corrected chi connectivity index (χ1v) is 7.27. The summed E-state index contributed by atoms with van der Waals surface area (Å²) in [5, 5.41) is 0. The number of hydrogen-bond donors (Lipinski definition) is 0. The lowest BCUT2D eigenvalue weighted by Crippen LogP contribution is -2.04. The highest BCUT2D eigenvalue weighted by atomic mass is 79.9. The lowest BCUT2D eigenvalue weighted by molar-refractivity contribution is 0.404. The first-order chi connectivity index (χ1) is 10.1. The fraction of sp³-hybridized carbons (Fsp3) is 0.250. The molecule has 0 amide bonds. The zero-order valence-corrected chi connectivity index (χ0v) is 13.3. The Labute approximate surface area is 130 Å². The van der Waals surface area contributed by atoms with Crippen molar-refractivity contribution in [2.24, 2.45) is 0 Å². The fourth-order valence-electron chi connectivity index (χ4n) is 2.14. The molecule has 0 heterocycles. The van der Waals surface area contributed by atoms with Crippen molar-refractivity contribution in [3.63, 3.8) is 0 Å². The molecule has 0 aromatic heterocycles. The van der Waals surface area contributed by atoms with Crippen LogP contribution in [0.3, 0.4) is 0 Å². The largest absolute Gasteiger partial charge is 0.497 e. The molecule has 2 nitrogen and oxygen atoms in total. The SMILES string of the molecule is COc1cc(F)c(C(Br)Cc2ccccc2OC)c(F)c1. The minimum Gasteiger partial charge on any atom is -0.497 e. The van der Waals surface area contributed by atoms with Gasteiger partial charge in [-0.2, -0.15) is 0 Å². The normalized spacial score (nSPS) is 12.0. The lowest BCUT2D eigenvalue weighted by atomic mass is 10.0. The van der Waals surface area contributed by atoms with Crippen molar-refractivity contribution in [1.29, 1.82) is 0 Å². The van der Waals surface area contributed by atoms with Crippen molar-refractivity contribution in [2.75, 3.05) is 14.2 Å². The van der Waals surface area contributed by atoms with Crippen molar-refractivity contribution >= 4 is 15.9 Å². The second-order valence-electron chi connectivity index (χ2n) is 4.49. The number of halogens is 3. The summed E-state index contributed by atoms with van der Waals surface area (Å²) >= 11 is 3.36. The van der Waals surface area contributed by atoms with Crippen LogP contribution >= 0.6 is 15.9 Å². The van der Waals surface area contributed by atoms with E-state index in [1.165, 1.54) is 19.2 Å². The maximum atomic E-state index is 14.1. The molecule has 21 heavy (non-hydrogen) atoms. The quantitative estimate of drug-likeness (QED) is 0.725. The monoisotopic (exact) mass is 356 g/mol. The third-order valence-electron chi connectivity index (χ3n) is 3.19. The zero-order valence-electron chi connectivity index (χ0n) is 11.7. The average molecular weight is 357 g/mol. The number of methoxy groups -OCH3 is 2. The highest BCUT2D eigenvalue weighted by molar-refractivity contribution is 9.09. The third-order valence-corrected chi connectivity index (χ3v) is 3.97. The molecule has 0 radical (unpaired) electrons. The van der Waals surface area contributed by atoms with Crippen LogP contribution in [0.15, 0.2) is 36.4 Å². The Morgan fingerprint density at radius 3 is 2.24 bits per heavy atom. The van der Waals surface area contributed by atoms with Crippen LogP contribution in [0.5, 0.6) is 11.5 Å². The lowest BCUT2D eigenvalue weighted by Gasteiger charge is -2.15. The van der Waals surface area contributed by atoms with E-state index in [2.05, 4.69) is 15.9 Å². The Kier molecular flexibility index (Phi) is 5.17. The molecule has 0 saturated carbocycles. The van der Waals surface area contributed by atoms with Gasteiger partial charge in [0.1, 0.15) is 23.1 Å². The first-order valence-electron chi connectivity index (χ1n) is 6.35.